The number of hydrogen-bond acceptors (Lipinski definition) is 1. The quantitative estimate of drug-likeness (QED) is 0.712. The van der Waals surface area contributed by atoms with Gasteiger partial charge in [-0.3, -0.25) is 4.79 Å². The smallest absolute Gasteiger partial charge is 0.207 e. The van der Waals surface area contributed by atoms with Crippen molar-refractivity contribution in [2.45, 2.75) is 58.9 Å². The fraction of sp³-hybridized carbons (Fsp3) is 0.923. The second kappa shape index (κ2) is 5.00. The summed E-state index contributed by atoms with van der Waals surface area (Å²) < 4.78 is 0. The third kappa shape index (κ3) is 2.53. The summed E-state index contributed by atoms with van der Waals surface area (Å²) in [6.45, 7) is 9.05. The van der Waals surface area contributed by atoms with E-state index in [0.29, 0.717) is 11.8 Å². The molecule has 0 aromatic heterocycles. The predicted molar refractivity (Wildman–Crippen MR) is 63.6 cm³/mol. The minimum atomic E-state index is 0.0631. The Hall–Kier alpha value is -0.530. The van der Waals surface area contributed by atoms with Crippen molar-refractivity contribution in [3.8, 4) is 0 Å². The summed E-state index contributed by atoms with van der Waals surface area (Å²) in [5, 5.41) is 3.13. The van der Waals surface area contributed by atoms with E-state index in [4.69, 9.17) is 0 Å². The minimum absolute atomic E-state index is 0.0631. The van der Waals surface area contributed by atoms with Crippen molar-refractivity contribution in [3.63, 3.8) is 0 Å². The Morgan fingerprint density at radius 1 is 1.47 bits per heavy atom. The fourth-order valence-corrected chi connectivity index (χ4v) is 3.38. The van der Waals surface area contributed by atoms with Crippen molar-refractivity contribution in [2.75, 3.05) is 0 Å². The van der Waals surface area contributed by atoms with Gasteiger partial charge in [-0.05, 0) is 37.0 Å². The Morgan fingerprint density at radius 3 is 2.60 bits per heavy atom. The average Bonchev–Trinajstić information content (AvgIpc) is 2.17. The van der Waals surface area contributed by atoms with Gasteiger partial charge in [-0.15, -0.1) is 0 Å². The molecule has 15 heavy (non-hydrogen) atoms. The molecule has 0 heterocycles. The summed E-state index contributed by atoms with van der Waals surface area (Å²) in [7, 11) is 0. The monoisotopic (exact) mass is 211 g/mol. The summed E-state index contributed by atoms with van der Waals surface area (Å²) in [6.07, 6.45) is 5.67. The maximum atomic E-state index is 10.8. The average molecular weight is 211 g/mol. The number of carbonyl (C=O) groups is 1. The van der Waals surface area contributed by atoms with Crippen molar-refractivity contribution in [3.05, 3.63) is 0 Å². The van der Waals surface area contributed by atoms with Crippen LogP contribution in [-0.2, 0) is 4.79 Å². The first-order valence-corrected chi connectivity index (χ1v) is 6.27. The number of rotatable bonds is 4. The molecule has 88 valence electrons. The molecule has 0 aromatic carbocycles. The van der Waals surface area contributed by atoms with Gasteiger partial charge in [-0.2, -0.15) is 0 Å². The second-order valence-electron chi connectivity index (χ2n) is 5.51. The van der Waals surface area contributed by atoms with Gasteiger partial charge in [-0.1, -0.05) is 34.1 Å². The van der Waals surface area contributed by atoms with E-state index in [9.17, 15) is 4.79 Å². The van der Waals surface area contributed by atoms with Gasteiger partial charge < -0.3 is 5.32 Å². The molecule has 0 spiro atoms. The van der Waals surface area contributed by atoms with Crippen molar-refractivity contribution in [1.82, 2.24) is 5.32 Å². The van der Waals surface area contributed by atoms with Crippen LogP contribution in [0.25, 0.3) is 0 Å². The lowest BCUT2D eigenvalue weighted by molar-refractivity contribution is -0.113. The van der Waals surface area contributed by atoms with E-state index in [-0.39, 0.29) is 5.54 Å². The first-order chi connectivity index (χ1) is 7.05. The fourth-order valence-electron chi connectivity index (χ4n) is 3.38. The van der Waals surface area contributed by atoms with Crippen molar-refractivity contribution >= 4 is 6.41 Å². The van der Waals surface area contributed by atoms with Gasteiger partial charge in [0, 0.05) is 5.54 Å². The van der Waals surface area contributed by atoms with Crippen LogP contribution in [0.2, 0.25) is 0 Å². The van der Waals surface area contributed by atoms with E-state index in [0.717, 1.165) is 25.2 Å². The first-order valence-electron chi connectivity index (χ1n) is 6.27. The zero-order valence-electron chi connectivity index (χ0n) is 10.5. The summed E-state index contributed by atoms with van der Waals surface area (Å²) >= 11 is 0. The summed E-state index contributed by atoms with van der Waals surface area (Å²) in [5.41, 5.74) is 0.0631. The third-order valence-electron chi connectivity index (χ3n) is 4.17. The number of carbonyl (C=O) groups excluding carboxylic acids is 1. The SMILES string of the molecule is CCC1(NC=O)CC(C)CCC1C(C)C. The van der Waals surface area contributed by atoms with Gasteiger partial charge >= 0.3 is 0 Å². The predicted octanol–water partition coefficient (Wildman–Crippen LogP) is 2.97. The molecule has 1 saturated carbocycles. The standard InChI is InChI=1S/C13H25NO/c1-5-13(14-9-15)8-11(4)6-7-12(13)10(2)3/h9-12H,5-8H2,1-4H3,(H,14,15). The van der Waals surface area contributed by atoms with Gasteiger partial charge in [0.1, 0.15) is 0 Å². The van der Waals surface area contributed by atoms with Crippen LogP contribution in [-0.4, -0.2) is 11.9 Å². The van der Waals surface area contributed by atoms with Crippen LogP contribution in [0.15, 0.2) is 0 Å². The van der Waals surface area contributed by atoms with E-state index in [1.165, 1.54) is 12.8 Å². The Morgan fingerprint density at radius 2 is 2.13 bits per heavy atom. The molecule has 0 saturated heterocycles. The molecular weight excluding hydrogens is 186 g/mol. The van der Waals surface area contributed by atoms with Crippen LogP contribution >= 0.6 is 0 Å². The topological polar surface area (TPSA) is 29.1 Å². The van der Waals surface area contributed by atoms with Crippen LogP contribution in [0, 0.1) is 17.8 Å². The largest absolute Gasteiger partial charge is 0.353 e. The minimum Gasteiger partial charge on any atom is -0.353 e. The number of nitrogens with one attached hydrogen (secondary N) is 1. The molecule has 2 nitrogen and oxygen atoms in total. The highest BCUT2D eigenvalue weighted by atomic mass is 16.1. The Bertz CT molecular complexity index is 215. The van der Waals surface area contributed by atoms with Crippen LogP contribution < -0.4 is 5.32 Å². The van der Waals surface area contributed by atoms with Crippen molar-refractivity contribution in [2.24, 2.45) is 17.8 Å². The van der Waals surface area contributed by atoms with Gasteiger partial charge in [0.25, 0.3) is 0 Å². The van der Waals surface area contributed by atoms with Crippen molar-refractivity contribution in [1.29, 1.82) is 0 Å². The lowest BCUT2D eigenvalue weighted by atomic mass is 9.64. The molecule has 3 atom stereocenters. The molecule has 3 unspecified atom stereocenters. The van der Waals surface area contributed by atoms with E-state index in [1.807, 2.05) is 0 Å². The molecule has 0 aromatic rings. The molecule has 1 amide bonds. The molecule has 0 aliphatic heterocycles. The van der Waals surface area contributed by atoms with E-state index < -0.39 is 0 Å². The maximum absolute atomic E-state index is 10.8. The zero-order chi connectivity index (χ0) is 11.5. The number of hydrogen-bond donors (Lipinski definition) is 1. The van der Waals surface area contributed by atoms with Crippen LogP contribution in [0.5, 0.6) is 0 Å². The van der Waals surface area contributed by atoms with Crippen LogP contribution in [0.3, 0.4) is 0 Å². The summed E-state index contributed by atoms with van der Waals surface area (Å²) in [4.78, 5) is 10.8. The summed E-state index contributed by atoms with van der Waals surface area (Å²) in [5.74, 6) is 2.04. The highest BCUT2D eigenvalue weighted by Crippen LogP contribution is 2.42. The number of amides is 1. The molecule has 0 bridgehead atoms. The lowest BCUT2D eigenvalue weighted by Gasteiger charge is -2.47. The zero-order valence-corrected chi connectivity index (χ0v) is 10.5. The molecular formula is C13H25NO. The molecule has 2 heteroatoms. The van der Waals surface area contributed by atoms with Crippen LogP contribution in [0.1, 0.15) is 53.4 Å². The van der Waals surface area contributed by atoms with Gasteiger partial charge in [0.05, 0.1) is 0 Å². The third-order valence-corrected chi connectivity index (χ3v) is 4.17. The molecule has 1 aliphatic carbocycles. The Labute approximate surface area is 93.8 Å². The second-order valence-corrected chi connectivity index (χ2v) is 5.51. The first kappa shape index (κ1) is 12.5. The normalized spacial score (nSPS) is 36.6. The molecule has 1 rings (SSSR count). The van der Waals surface area contributed by atoms with Gasteiger partial charge in [-0.25, -0.2) is 0 Å². The molecule has 1 N–H and O–H groups in total. The van der Waals surface area contributed by atoms with Crippen molar-refractivity contribution < 1.29 is 4.79 Å². The Balaban J connectivity index is 2.87. The highest BCUT2D eigenvalue weighted by molar-refractivity contribution is 5.48. The highest BCUT2D eigenvalue weighted by Gasteiger charge is 2.42. The van der Waals surface area contributed by atoms with E-state index in [1.54, 1.807) is 0 Å². The summed E-state index contributed by atoms with van der Waals surface area (Å²) in [6, 6.07) is 0. The Kier molecular flexibility index (Phi) is 4.18. The molecule has 1 fully saturated rings. The maximum Gasteiger partial charge on any atom is 0.207 e. The van der Waals surface area contributed by atoms with Gasteiger partial charge in [0.15, 0.2) is 0 Å². The molecule has 1 aliphatic rings. The van der Waals surface area contributed by atoms with Crippen LogP contribution in [0.4, 0.5) is 0 Å². The van der Waals surface area contributed by atoms with Gasteiger partial charge in [0.2, 0.25) is 6.41 Å². The lowest BCUT2D eigenvalue weighted by Crippen LogP contribution is -2.55. The van der Waals surface area contributed by atoms with E-state index in [2.05, 4.69) is 33.0 Å². The molecule has 0 radical (unpaired) electrons. The van der Waals surface area contributed by atoms with E-state index >= 15 is 0 Å².